The van der Waals surface area contributed by atoms with Crippen LogP contribution < -0.4 is 10.1 Å². The Labute approximate surface area is 119 Å². The lowest BCUT2D eigenvalue weighted by atomic mass is 10.0. The van der Waals surface area contributed by atoms with E-state index in [4.69, 9.17) is 4.74 Å². The van der Waals surface area contributed by atoms with Crippen LogP contribution >= 0.6 is 22.6 Å². The molecule has 18 heavy (non-hydrogen) atoms. The average molecular weight is 353 g/mol. The predicted molar refractivity (Wildman–Crippen MR) is 77.7 cm³/mol. The summed E-state index contributed by atoms with van der Waals surface area (Å²) < 4.78 is 6.66. The van der Waals surface area contributed by atoms with Gasteiger partial charge < -0.3 is 10.1 Å². The van der Waals surface area contributed by atoms with Crippen molar-refractivity contribution in [3.05, 3.63) is 45.8 Å². The van der Waals surface area contributed by atoms with Crippen molar-refractivity contribution in [3.63, 3.8) is 0 Å². The SMILES string of the molecule is Ic1cnc(NC2CCOc3ccccc32)nc1. The second-order valence-corrected chi connectivity index (χ2v) is 5.34. The van der Waals surface area contributed by atoms with Gasteiger partial charge in [-0.1, -0.05) is 18.2 Å². The molecule has 2 heterocycles. The average Bonchev–Trinajstić information content (AvgIpc) is 2.42. The van der Waals surface area contributed by atoms with Gasteiger partial charge in [0.2, 0.25) is 5.95 Å². The minimum absolute atomic E-state index is 0.218. The molecule has 0 fully saturated rings. The number of hydrogen-bond donors (Lipinski definition) is 1. The fourth-order valence-electron chi connectivity index (χ4n) is 2.03. The zero-order chi connectivity index (χ0) is 12.4. The van der Waals surface area contributed by atoms with Crippen LogP contribution in [0.1, 0.15) is 18.0 Å². The van der Waals surface area contributed by atoms with E-state index >= 15 is 0 Å². The molecule has 1 unspecified atom stereocenters. The Morgan fingerprint density at radius 1 is 1.22 bits per heavy atom. The molecule has 2 aromatic rings. The van der Waals surface area contributed by atoms with Crippen LogP contribution in [0.4, 0.5) is 5.95 Å². The third-order valence-electron chi connectivity index (χ3n) is 2.88. The molecule has 0 aliphatic carbocycles. The van der Waals surface area contributed by atoms with Gasteiger partial charge in [-0.05, 0) is 28.7 Å². The number of halogens is 1. The maximum atomic E-state index is 5.63. The van der Waals surface area contributed by atoms with Gasteiger partial charge in [-0.25, -0.2) is 9.97 Å². The summed E-state index contributed by atoms with van der Waals surface area (Å²) in [6.07, 6.45) is 4.54. The lowest BCUT2D eigenvalue weighted by Gasteiger charge is -2.26. The van der Waals surface area contributed by atoms with E-state index in [1.165, 1.54) is 5.56 Å². The van der Waals surface area contributed by atoms with E-state index < -0.39 is 0 Å². The van der Waals surface area contributed by atoms with E-state index in [2.05, 4.69) is 43.9 Å². The van der Waals surface area contributed by atoms with Crippen LogP contribution in [0.5, 0.6) is 5.75 Å². The molecule has 4 nitrogen and oxygen atoms in total. The summed E-state index contributed by atoms with van der Waals surface area (Å²) in [7, 11) is 0. The molecular weight excluding hydrogens is 341 g/mol. The minimum atomic E-state index is 0.218. The normalized spacial score (nSPS) is 17.7. The van der Waals surface area contributed by atoms with E-state index in [9.17, 15) is 0 Å². The molecule has 1 aromatic heterocycles. The van der Waals surface area contributed by atoms with Crippen LogP contribution in [0.2, 0.25) is 0 Å². The first-order valence-electron chi connectivity index (χ1n) is 5.79. The predicted octanol–water partition coefficient (Wildman–Crippen LogP) is 3.02. The second kappa shape index (κ2) is 5.09. The molecule has 0 bridgehead atoms. The standard InChI is InChI=1S/C13H12IN3O/c14-9-7-15-13(16-8-9)17-11-5-6-18-12-4-2-1-3-10(11)12/h1-4,7-8,11H,5-6H2,(H,15,16,17). The number of fused-ring (bicyclic) bond motifs is 1. The highest BCUT2D eigenvalue weighted by Crippen LogP contribution is 2.33. The number of nitrogens with one attached hydrogen (secondary N) is 1. The van der Waals surface area contributed by atoms with Crippen molar-refractivity contribution in [2.45, 2.75) is 12.5 Å². The van der Waals surface area contributed by atoms with E-state index in [0.29, 0.717) is 5.95 Å². The number of aromatic nitrogens is 2. The van der Waals surface area contributed by atoms with Crippen LogP contribution in [0.3, 0.4) is 0 Å². The second-order valence-electron chi connectivity index (χ2n) is 4.10. The molecule has 1 atom stereocenters. The number of anilines is 1. The number of nitrogens with zero attached hydrogens (tertiary/aromatic N) is 2. The molecule has 0 spiro atoms. The first-order chi connectivity index (χ1) is 8.83. The van der Waals surface area contributed by atoms with Crippen molar-refractivity contribution in [1.82, 2.24) is 9.97 Å². The first kappa shape index (κ1) is 11.7. The fraction of sp³-hybridized carbons (Fsp3) is 0.231. The number of ether oxygens (including phenoxy) is 1. The summed E-state index contributed by atoms with van der Waals surface area (Å²) in [6, 6.07) is 8.31. The molecule has 5 heteroatoms. The van der Waals surface area contributed by atoms with Crippen molar-refractivity contribution in [1.29, 1.82) is 0 Å². The molecule has 0 saturated heterocycles. The molecule has 92 valence electrons. The maximum Gasteiger partial charge on any atom is 0.223 e. The van der Waals surface area contributed by atoms with E-state index in [1.807, 2.05) is 18.2 Å². The van der Waals surface area contributed by atoms with Crippen LogP contribution in [0.25, 0.3) is 0 Å². The Bertz CT molecular complexity index is 544. The van der Waals surface area contributed by atoms with Gasteiger partial charge in [0.15, 0.2) is 0 Å². The maximum absolute atomic E-state index is 5.63. The lowest BCUT2D eigenvalue weighted by Crippen LogP contribution is -2.21. The molecular formula is C13H12IN3O. The summed E-state index contributed by atoms with van der Waals surface area (Å²) in [6.45, 7) is 0.721. The Balaban J connectivity index is 1.84. The van der Waals surface area contributed by atoms with Crippen LogP contribution in [-0.2, 0) is 0 Å². The summed E-state index contributed by atoms with van der Waals surface area (Å²) in [5.74, 6) is 1.61. The Morgan fingerprint density at radius 3 is 2.83 bits per heavy atom. The van der Waals surface area contributed by atoms with Gasteiger partial charge in [0, 0.05) is 27.9 Å². The van der Waals surface area contributed by atoms with E-state index in [1.54, 1.807) is 12.4 Å². The third-order valence-corrected chi connectivity index (χ3v) is 3.44. The summed E-state index contributed by atoms with van der Waals surface area (Å²) >= 11 is 2.19. The first-order valence-corrected chi connectivity index (χ1v) is 6.86. The van der Waals surface area contributed by atoms with Gasteiger partial charge in [-0.3, -0.25) is 0 Å². The summed E-state index contributed by atoms with van der Waals surface area (Å²) in [5.41, 5.74) is 1.17. The van der Waals surface area contributed by atoms with Gasteiger partial charge >= 0.3 is 0 Å². The van der Waals surface area contributed by atoms with Gasteiger partial charge in [0.05, 0.1) is 12.6 Å². The van der Waals surface area contributed by atoms with Crippen molar-refractivity contribution < 1.29 is 4.74 Å². The number of benzene rings is 1. The molecule has 1 aliphatic rings. The molecule has 3 rings (SSSR count). The van der Waals surface area contributed by atoms with Crippen molar-refractivity contribution in [3.8, 4) is 5.75 Å². The summed E-state index contributed by atoms with van der Waals surface area (Å²) in [4.78, 5) is 8.55. The number of para-hydroxylation sites is 1. The van der Waals surface area contributed by atoms with E-state index in [-0.39, 0.29) is 6.04 Å². The molecule has 0 amide bonds. The molecule has 0 saturated carbocycles. The third kappa shape index (κ3) is 2.40. The van der Waals surface area contributed by atoms with Crippen LogP contribution in [0, 0.1) is 3.57 Å². The minimum Gasteiger partial charge on any atom is -0.493 e. The largest absolute Gasteiger partial charge is 0.493 e. The highest BCUT2D eigenvalue weighted by atomic mass is 127. The summed E-state index contributed by atoms with van der Waals surface area (Å²) in [5, 5.41) is 3.36. The molecule has 1 aromatic carbocycles. The fourth-order valence-corrected chi connectivity index (χ4v) is 2.31. The molecule has 1 N–H and O–H groups in total. The Morgan fingerprint density at radius 2 is 2.00 bits per heavy atom. The van der Waals surface area contributed by atoms with Gasteiger partial charge in [0.25, 0.3) is 0 Å². The number of rotatable bonds is 2. The molecule has 1 aliphatic heterocycles. The quantitative estimate of drug-likeness (QED) is 0.844. The topological polar surface area (TPSA) is 47.0 Å². The zero-order valence-corrected chi connectivity index (χ0v) is 11.8. The van der Waals surface area contributed by atoms with Gasteiger partial charge in [-0.15, -0.1) is 0 Å². The van der Waals surface area contributed by atoms with Crippen LogP contribution in [-0.4, -0.2) is 16.6 Å². The highest BCUT2D eigenvalue weighted by Gasteiger charge is 2.21. The van der Waals surface area contributed by atoms with Gasteiger partial charge in [0.1, 0.15) is 5.75 Å². The lowest BCUT2D eigenvalue weighted by molar-refractivity contribution is 0.274. The van der Waals surface area contributed by atoms with Crippen molar-refractivity contribution in [2.75, 3.05) is 11.9 Å². The Hall–Kier alpha value is -1.37. The smallest absolute Gasteiger partial charge is 0.223 e. The van der Waals surface area contributed by atoms with Gasteiger partial charge in [-0.2, -0.15) is 0 Å². The Kier molecular flexibility index (Phi) is 3.31. The molecule has 0 radical (unpaired) electrons. The highest BCUT2D eigenvalue weighted by molar-refractivity contribution is 14.1. The van der Waals surface area contributed by atoms with Crippen molar-refractivity contribution in [2.24, 2.45) is 0 Å². The monoisotopic (exact) mass is 353 g/mol. The number of hydrogen-bond acceptors (Lipinski definition) is 4. The van der Waals surface area contributed by atoms with Crippen LogP contribution in [0.15, 0.2) is 36.7 Å². The van der Waals surface area contributed by atoms with Crippen molar-refractivity contribution >= 4 is 28.5 Å². The van der Waals surface area contributed by atoms with E-state index in [0.717, 1.165) is 22.3 Å². The zero-order valence-electron chi connectivity index (χ0n) is 9.64.